The Morgan fingerprint density at radius 3 is 2.60 bits per heavy atom. The summed E-state index contributed by atoms with van der Waals surface area (Å²) in [6.45, 7) is 9.79. The molecule has 1 N–H and O–H groups in total. The summed E-state index contributed by atoms with van der Waals surface area (Å²) < 4.78 is 0. The molecule has 6 heteroatoms. The molecule has 0 aliphatic carbocycles. The van der Waals surface area contributed by atoms with Crippen LogP contribution in [0.1, 0.15) is 57.0 Å². The zero-order chi connectivity index (χ0) is 18.0. The lowest BCUT2D eigenvalue weighted by molar-refractivity contribution is -0.138. The van der Waals surface area contributed by atoms with Crippen LogP contribution in [0.5, 0.6) is 0 Å². The Morgan fingerprint density at radius 2 is 1.96 bits per heavy atom. The molecule has 0 bridgehead atoms. The van der Waals surface area contributed by atoms with Crippen LogP contribution in [-0.2, 0) is 4.79 Å². The molecule has 0 radical (unpaired) electrons. The molecule has 25 heavy (non-hydrogen) atoms. The van der Waals surface area contributed by atoms with Crippen LogP contribution in [0.3, 0.4) is 0 Å². The number of likely N-dealkylation sites (tertiary alicyclic amines) is 2. The molecular formula is C19H30N4O2. The molecule has 138 valence electrons. The van der Waals surface area contributed by atoms with Crippen molar-refractivity contribution in [2.75, 3.05) is 26.2 Å². The average molecular weight is 346 g/mol. The second kappa shape index (κ2) is 7.68. The van der Waals surface area contributed by atoms with E-state index in [2.05, 4.69) is 28.7 Å². The number of piperidine rings is 2. The van der Waals surface area contributed by atoms with Gasteiger partial charge >= 0.3 is 0 Å². The summed E-state index contributed by atoms with van der Waals surface area (Å²) in [6, 6.07) is 2.15. The van der Waals surface area contributed by atoms with Crippen LogP contribution < -0.4 is 5.56 Å². The van der Waals surface area contributed by atoms with Gasteiger partial charge in [-0.2, -0.15) is 0 Å². The monoisotopic (exact) mass is 346 g/mol. The number of rotatable bonds is 3. The first kappa shape index (κ1) is 18.1. The van der Waals surface area contributed by atoms with Crippen LogP contribution >= 0.6 is 0 Å². The summed E-state index contributed by atoms with van der Waals surface area (Å²) in [4.78, 5) is 36.3. The number of aromatic nitrogens is 2. The van der Waals surface area contributed by atoms with E-state index in [-0.39, 0.29) is 17.4 Å². The van der Waals surface area contributed by atoms with Crippen molar-refractivity contribution >= 4 is 5.91 Å². The number of aromatic amines is 1. The molecule has 0 unspecified atom stereocenters. The maximum atomic E-state index is 13.0. The SMILES string of the molecule is Cc1nc([C@H]2CCCN(C(=O)C3CCN(C(C)C)CC3)C2)cc(=O)[nH]1. The molecule has 0 spiro atoms. The Labute approximate surface area is 149 Å². The number of aryl methyl sites for hydroxylation is 1. The molecule has 1 aromatic rings. The first-order valence-electron chi connectivity index (χ1n) is 9.54. The number of hydrogen-bond acceptors (Lipinski definition) is 4. The fourth-order valence-electron chi connectivity index (χ4n) is 4.15. The largest absolute Gasteiger partial charge is 0.342 e. The number of nitrogens with zero attached hydrogens (tertiary/aromatic N) is 3. The van der Waals surface area contributed by atoms with E-state index in [0.29, 0.717) is 24.3 Å². The molecule has 1 aromatic heterocycles. The minimum atomic E-state index is -0.105. The van der Waals surface area contributed by atoms with E-state index in [4.69, 9.17) is 0 Å². The van der Waals surface area contributed by atoms with Crippen molar-refractivity contribution in [3.05, 3.63) is 27.9 Å². The second-order valence-electron chi connectivity index (χ2n) is 7.78. The molecular weight excluding hydrogens is 316 g/mol. The third kappa shape index (κ3) is 4.29. The highest BCUT2D eigenvalue weighted by Crippen LogP contribution is 2.28. The number of carbonyl (C=O) groups excluding carboxylic acids is 1. The van der Waals surface area contributed by atoms with Crippen molar-refractivity contribution < 1.29 is 4.79 Å². The zero-order valence-electron chi connectivity index (χ0n) is 15.6. The first-order valence-corrected chi connectivity index (χ1v) is 9.54. The lowest BCUT2D eigenvalue weighted by Crippen LogP contribution is -2.47. The van der Waals surface area contributed by atoms with E-state index in [1.807, 2.05) is 4.90 Å². The standard InChI is InChI=1S/C19H30N4O2/c1-13(2)22-9-6-15(7-10-22)19(25)23-8-4-5-16(12-23)17-11-18(24)21-14(3)20-17/h11,13,15-16H,4-10,12H2,1-3H3,(H,20,21,24)/t16-/m0/s1. The quantitative estimate of drug-likeness (QED) is 0.908. The van der Waals surface area contributed by atoms with Crippen molar-refractivity contribution in [1.82, 2.24) is 19.8 Å². The Bertz CT molecular complexity index is 662. The van der Waals surface area contributed by atoms with Crippen LogP contribution in [0.4, 0.5) is 0 Å². The van der Waals surface area contributed by atoms with Crippen molar-refractivity contribution in [2.24, 2.45) is 5.92 Å². The summed E-state index contributed by atoms with van der Waals surface area (Å²) in [6.07, 6.45) is 3.89. The van der Waals surface area contributed by atoms with Crippen LogP contribution in [0, 0.1) is 12.8 Å². The number of amides is 1. The summed E-state index contributed by atoms with van der Waals surface area (Å²) in [5.74, 6) is 1.28. The van der Waals surface area contributed by atoms with Gasteiger partial charge in [0.1, 0.15) is 5.82 Å². The molecule has 2 aliphatic rings. The van der Waals surface area contributed by atoms with E-state index in [9.17, 15) is 9.59 Å². The molecule has 0 aromatic carbocycles. The first-order chi connectivity index (χ1) is 11.9. The van der Waals surface area contributed by atoms with Crippen LogP contribution in [0.15, 0.2) is 10.9 Å². The second-order valence-corrected chi connectivity index (χ2v) is 7.78. The van der Waals surface area contributed by atoms with Crippen molar-refractivity contribution in [1.29, 1.82) is 0 Å². The Balaban J connectivity index is 1.63. The summed E-state index contributed by atoms with van der Waals surface area (Å²) in [5, 5.41) is 0. The Kier molecular flexibility index (Phi) is 5.57. The van der Waals surface area contributed by atoms with Crippen molar-refractivity contribution in [2.45, 2.75) is 58.4 Å². The van der Waals surface area contributed by atoms with E-state index in [0.717, 1.165) is 51.0 Å². The van der Waals surface area contributed by atoms with Gasteiger partial charge in [-0.3, -0.25) is 9.59 Å². The van der Waals surface area contributed by atoms with Gasteiger partial charge in [-0.15, -0.1) is 0 Å². The average Bonchev–Trinajstić information content (AvgIpc) is 2.60. The van der Waals surface area contributed by atoms with Gasteiger partial charge in [-0.25, -0.2) is 4.98 Å². The van der Waals surface area contributed by atoms with Gasteiger partial charge in [0.05, 0.1) is 5.69 Å². The van der Waals surface area contributed by atoms with Crippen LogP contribution in [0.25, 0.3) is 0 Å². The van der Waals surface area contributed by atoms with Crippen LogP contribution in [-0.4, -0.2) is 57.9 Å². The molecule has 1 amide bonds. The minimum Gasteiger partial charge on any atom is -0.342 e. The summed E-state index contributed by atoms with van der Waals surface area (Å²) in [5.41, 5.74) is 0.723. The lowest BCUT2D eigenvalue weighted by Gasteiger charge is -2.38. The third-order valence-electron chi connectivity index (χ3n) is 5.64. The van der Waals surface area contributed by atoms with E-state index >= 15 is 0 Å². The lowest BCUT2D eigenvalue weighted by atomic mass is 9.90. The summed E-state index contributed by atoms with van der Waals surface area (Å²) >= 11 is 0. The molecule has 2 aliphatic heterocycles. The highest BCUT2D eigenvalue weighted by molar-refractivity contribution is 5.79. The van der Waals surface area contributed by atoms with Gasteiger partial charge in [0.15, 0.2) is 0 Å². The third-order valence-corrected chi connectivity index (χ3v) is 5.64. The van der Waals surface area contributed by atoms with Gasteiger partial charge in [0.2, 0.25) is 5.91 Å². The van der Waals surface area contributed by atoms with Crippen molar-refractivity contribution in [3.8, 4) is 0 Å². The van der Waals surface area contributed by atoms with Gasteiger partial charge in [-0.05, 0) is 59.5 Å². The van der Waals surface area contributed by atoms with E-state index in [1.165, 1.54) is 0 Å². The molecule has 2 saturated heterocycles. The molecule has 3 heterocycles. The number of carbonyl (C=O) groups is 1. The highest BCUT2D eigenvalue weighted by atomic mass is 16.2. The highest BCUT2D eigenvalue weighted by Gasteiger charge is 2.32. The number of H-pyrrole nitrogens is 1. The maximum absolute atomic E-state index is 13.0. The minimum absolute atomic E-state index is 0.105. The van der Waals surface area contributed by atoms with Gasteiger partial charge in [0.25, 0.3) is 5.56 Å². The molecule has 0 saturated carbocycles. The fraction of sp³-hybridized carbons (Fsp3) is 0.737. The predicted molar refractivity (Wildman–Crippen MR) is 97.6 cm³/mol. The molecule has 3 rings (SSSR count). The maximum Gasteiger partial charge on any atom is 0.251 e. The van der Waals surface area contributed by atoms with Gasteiger partial charge < -0.3 is 14.8 Å². The normalized spacial score (nSPS) is 23.2. The van der Waals surface area contributed by atoms with E-state index in [1.54, 1.807) is 13.0 Å². The van der Waals surface area contributed by atoms with Crippen LogP contribution in [0.2, 0.25) is 0 Å². The number of hydrogen-bond donors (Lipinski definition) is 1. The Hall–Kier alpha value is -1.69. The molecule has 1 atom stereocenters. The fourth-order valence-corrected chi connectivity index (χ4v) is 4.15. The predicted octanol–water partition coefficient (Wildman–Crippen LogP) is 1.90. The molecule has 2 fully saturated rings. The Morgan fingerprint density at radius 1 is 1.24 bits per heavy atom. The number of nitrogens with one attached hydrogen (secondary N) is 1. The smallest absolute Gasteiger partial charge is 0.251 e. The van der Waals surface area contributed by atoms with Gasteiger partial charge in [0, 0.05) is 37.0 Å². The van der Waals surface area contributed by atoms with Gasteiger partial charge in [-0.1, -0.05) is 0 Å². The summed E-state index contributed by atoms with van der Waals surface area (Å²) in [7, 11) is 0. The van der Waals surface area contributed by atoms with E-state index < -0.39 is 0 Å². The van der Waals surface area contributed by atoms with Crippen molar-refractivity contribution in [3.63, 3.8) is 0 Å². The zero-order valence-corrected chi connectivity index (χ0v) is 15.6. The molecule has 6 nitrogen and oxygen atoms in total. The topological polar surface area (TPSA) is 69.3 Å².